The molecule has 1 atom stereocenters. The molecule has 0 spiro atoms. The molecule has 18 heavy (non-hydrogen) atoms. The van der Waals surface area contributed by atoms with Gasteiger partial charge in [-0.1, -0.05) is 13.8 Å². The third kappa shape index (κ3) is 3.97. The second-order valence-electron chi connectivity index (χ2n) is 4.74. The largest absolute Gasteiger partial charge is 0.399 e. The molecular weight excluding hydrogens is 252 g/mol. The molecule has 0 radical (unpaired) electrons. The number of nitrogens with two attached hydrogens (primary N) is 1. The van der Waals surface area contributed by atoms with Crippen LogP contribution in [0.25, 0.3) is 0 Å². The molecule has 6 heteroatoms. The molecule has 0 aromatic heterocycles. The van der Waals surface area contributed by atoms with Gasteiger partial charge in [0.1, 0.15) is 0 Å². The highest BCUT2D eigenvalue weighted by Crippen LogP contribution is 2.16. The summed E-state index contributed by atoms with van der Waals surface area (Å²) >= 11 is 0. The molecule has 1 unspecified atom stereocenters. The maximum atomic E-state index is 12.0. The molecular formula is C12H20N2O3S. The van der Waals surface area contributed by atoms with Crippen molar-refractivity contribution < 1.29 is 13.5 Å². The summed E-state index contributed by atoms with van der Waals surface area (Å²) in [4.78, 5) is 0.121. The minimum absolute atomic E-state index is 0.00437. The first-order chi connectivity index (χ1) is 8.22. The van der Waals surface area contributed by atoms with Crippen molar-refractivity contribution in [1.82, 2.24) is 4.72 Å². The Morgan fingerprint density at radius 1 is 1.33 bits per heavy atom. The van der Waals surface area contributed by atoms with E-state index in [-0.39, 0.29) is 17.4 Å². The van der Waals surface area contributed by atoms with Gasteiger partial charge >= 0.3 is 0 Å². The lowest BCUT2D eigenvalue weighted by atomic mass is 10.1. The number of hydrogen-bond acceptors (Lipinski definition) is 4. The molecule has 0 amide bonds. The summed E-state index contributed by atoms with van der Waals surface area (Å²) in [5.74, 6) is -0.00437. The topological polar surface area (TPSA) is 92.4 Å². The van der Waals surface area contributed by atoms with Crippen LogP contribution in [0.4, 0.5) is 5.69 Å². The van der Waals surface area contributed by atoms with Crippen molar-refractivity contribution in [1.29, 1.82) is 0 Å². The summed E-state index contributed by atoms with van der Waals surface area (Å²) < 4.78 is 26.3. The number of rotatable bonds is 5. The Labute approximate surface area is 108 Å². The standard InChI is InChI=1S/C12H20N2O3S/c1-8(2)12(15)7-14-18(16,17)11-5-9(3)4-10(13)6-11/h4-6,8,12,14-15H,7,13H2,1-3H3. The van der Waals surface area contributed by atoms with Gasteiger partial charge in [-0.2, -0.15) is 0 Å². The van der Waals surface area contributed by atoms with E-state index in [0.29, 0.717) is 5.69 Å². The minimum atomic E-state index is -3.62. The van der Waals surface area contributed by atoms with Crippen LogP contribution in [-0.4, -0.2) is 26.2 Å². The molecule has 0 bridgehead atoms. The number of aryl methyl sites for hydroxylation is 1. The maximum absolute atomic E-state index is 12.0. The Balaban J connectivity index is 2.86. The lowest BCUT2D eigenvalue weighted by molar-refractivity contribution is 0.129. The highest BCUT2D eigenvalue weighted by atomic mass is 32.2. The first-order valence-corrected chi connectivity index (χ1v) is 7.25. The summed E-state index contributed by atoms with van der Waals surface area (Å²) in [5, 5.41) is 9.59. The van der Waals surface area contributed by atoms with E-state index < -0.39 is 16.1 Å². The fourth-order valence-corrected chi connectivity index (χ4v) is 2.63. The van der Waals surface area contributed by atoms with E-state index in [2.05, 4.69) is 4.72 Å². The molecule has 0 heterocycles. The molecule has 1 aromatic rings. The van der Waals surface area contributed by atoms with E-state index >= 15 is 0 Å². The Morgan fingerprint density at radius 2 is 1.94 bits per heavy atom. The van der Waals surface area contributed by atoms with Crippen LogP contribution in [0.15, 0.2) is 23.1 Å². The summed E-state index contributed by atoms with van der Waals surface area (Å²) in [6.07, 6.45) is -0.707. The molecule has 1 aromatic carbocycles. The third-order valence-corrected chi connectivity index (χ3v) is 4.04. The van der Waals surface area contributed by atoms with Gasteiger partial charge in [-0.3, -0.25) is 0 Å². The van der Waals surface area contributed by atoms with Crippen LogP contribution in [0.3, 0.4) is 0 Å². The number of hydrogen-bond donors (Lipinski definition) is 3. The number of aliphatic hydroxyl groups is 1. The molecule has 0 saturated carbocycles. The van der Waals surface area contributed by atoms with E-state index in [0.717, 1.165) is 5.56 Å². The summed E-state index contributed by atoms with van der Waals surface area (Å²) in [6, 6.07) is 4.64. The van der Waals surface area contributed by atoms with Gasteiger partial charge in [0.2, 0.25) is 10.0 Å². The molecule has 4 N–H and O–H groups in total. The smallest absolute Gasteiger partial charge is 0.240 e. The van der Waals surface area contributed by atoms with Crippen LogP contribution < -0.4 is 10.5 Å². The number of nitrogen functional groups attached to an aromatic ring is 1. The van der Waals surface area contributed by atoms with Crippen molar-refractivity contribution in [2.45, 2.75) is 31.8 Å². The second-order valence-corrected chi connectivity index (χ2v) is 6.51. The van der Waals surface area contributed by atoms with Crippen LogP contribution in [0.2, 0.25) is 0 Å². The fraction of sp³-hybridized carbons (Fsp3) is 0.500. The van der Waals surface area contributed by atoms with Crippen LogP contribution in [0.1, 0.15) is 19.4 Å². The lowest BCUT2D eigenvalue weighted by Crippen LogP contribution is -2.34. The fourth-order valence-electron chi connectivity index (χ4n) is 1.45. The number of sulfonamides is 1. The van der Waals surface area contributed by atoms with E-state index in [1.807, 2.05) is 13.8 Å². The Morgan fingerprint density at radius 3 is 2.44 bits per heavy atom. The van der Waals surface area contributed by atoms with Crippen molar-refractivity contribution in [3.63, 3.8) is 0 Å². The second kappa shape index (κ2) is 5.69. The van der Waals surface area contributed by atoms with Crippen molar-refractivity contribution >= 4 is 15.7 Å². The summed E-state index contributed by atoms with van der Waals surface area (Å²) in [6.45, 7) is 5.42. The van der Waals surface area contributed by atoms with Crippen molar-refractivity contribution in [3.8, 4) is 0 Å². The molecule has 1 rings (SSSR count). The van der Waals surface area contributed by atoms with Gasteiger partial charge in [-0.25, -0.2) is 13.1 Å². The number of anilines is 1. The SMILES string of the molecule is Cc1cc(N)cc(S(=O)(=O)NCC(O)C(C)C)c1. The van der Waals surface area contributed by atoms with Gasteiger partial charge in [-0.15, -0.1) is 0 Å². The van der Waals surface area contributed by atoms with Gasteiger partial charge in [0.05, 0.1) is 11.0 Å². The van der Waals surface area contributed by atoms with Crippen molar-refractivity contribution in [3.05, 3.63) is 23.8 Å². The maximum Gasteiger partial charge on any atom is 0.240 e. The monoisotopic (exact) mass is 272 g/mol. The van der Waals surface area contributed by atoms with Crippen molar-refractivity contribution in [2.75, 3.05) is 12.3 Å². The number of nitrogens with one attached hydrogen (secondary N) is 1. The molecule has 0 aliphatic carbocycles. The number of benzene rings is 1. The van der Waals surface area contributed by atoms with Gasteiger partial charge in [0, 0.05) is 12.2 Å². The zero-order valence-corrected chi connectivity index (χ0v) is 11.7. The molecule has 5 nitrogen and oxygen atoms in total. The predicted molar refractivity (Wildman–Crippen MR) is 71.6 cm³/mol. The van der Waals surface area contributed by atoms with Crippen LogP contribution in [0.5, 0.6) is 0 Å². The van der Waals surface area contributed by atoms with Crippen LogP contribution in [0, 0.1) is 12.8 Å². The minimum Gasteiger partial charge on any atom is -0.399 e. The summed E-state index contributed by atoms with van der Waals surface area (Å²) in [7, 11) is -3.62. The zero-order chi connectivity index (χ0) is 13.9. The highest BCUT2D eigenvalue weighted by Gasteiger charge is 2.18. The molecule has 102 valence electrons. The highest BCUT2D eigenvalue weighted by molar-refractivity contribution is 7.89. The van der Waals surface area contributed by atoms with Crippen molar-refractivity contribution in [2.24, 2.45) is 5.92 Å². The average Bonchev–Trinajstić information content (AvgIpc) is 2.24. The number of aliphatic hydroxyl groups excluding tert-OH is 1. The average molecular weight is 272 g/mol. The van der Waals surface area contributed by atoms with Gasteiger partial charge in [-0.05, 0) is 36.6 Å². The quantitative estimate of drug-likeness (QED) is 0.694. The Kier molecular flexibility index (Phi) is 4.72. The molecule has 0 aliphatic rings. The first-order valence-electron chi connectivity index (χ1n) is 5.77. The van der Waals surface area contributed by atoms with E-state index in [1.165, 1.54) is 6.07 Å². The molecule has 0 saturated heterocycles. The molecule has 0 aliphatic heterocycles. The Bertz CT molecular complexity index is 492. The lowest BCUT2D eigenvalue weighted by Gasteiger charge is -2.15. The molecule has 0 fully saturated rings. The van der Waals surface area contributed by atoms with Gasteiger partial charge in [0.15, 0.2) is 0 Å². The van der Waals surface area contributed by atoms with E-state index in [4.69, 9.17) is 5.73 Å². The van der Waals surface area contributed by atoms with E-state index in [9.17, 15) is 13.5 Å². The first kappa shape index (κ1) is 14.9. The van der Waals surface area contributed by atoms with Crippen LogP contribution in [-0.2, 0) is 10.0 Å². The van der Waals surface area contributed by atoms with Gasteiger partial charge in [0.25, 0.3) is 0 Å². The van der Waals surface area contributed by atoms with E-state index in [1.54, 1.807) is 19.1 Å². The van der Waals surface area contributed by atoms with Gasteiger partial charge < -0.3 is 10.8 Å². The predicted octanol–water partition coefficient (Wildman–Crippen LogP) is 0.872. The van der Waals surface area contributed by atoms with Crippen LogP contribution >= 0.6 is 0 Å². The zero-order valence-electron chi connectivity index (χ0n) is 10.8. The third-order valence-electron chi connectivity index (χ3n) is 2.64. The Hall–Kier alpha value is -1.11. The summed E-state index contributed by atoms with van der Waals surface area (Å²) in [5.41, 5.74) is 6.80. The normalized spacial score (nSPS) is 13.8.